The summed E-state index contributed by atoms with van der Waals surface area (Å²) in [6.45, 7) is 4.07. The smallest absolute Gasteiger partial charge is 0.260 e. The van der Waals surface area contributed by atoms with E-state index in [-0.39, 0.29) is 10.9 Å². The molecule has 1 fully saturated rings. The molecule has 6 nitrogen and oxygen atoms in total. The first-order chi connectivity index (χ1) is 8.59. The van der Waals surface area contributed by atoms with Gasteiger partial charge in [0.2, 0.25) is 0 Å². The number of aromatic nitrogens is 2. The van der Waals surface area contributed by atoms with E-state index in [9.17, 15) is 8.42 Å². The molecule has 1 saturated heterocycles. The van der Waals surface area contributed by atoms with Gasteiger partial charge in [0, 0.05) is 19.6 Å². The Bertz CT molecular complexity index is 497. The zero-order valence-electron chi connectivity index (χ0n) is 10.6. The molecule has 2 heterocycles. The van der Waals surface area contributed by atoms with E-state index in [0.717, 1.165) is 12.8 Å². The number of nitrogens with two attached hydrogens (primary N) is 1. The van der Waals surface area contributed by atoms with Crippen molar-refractivity contribution in [3.63, 3.8) is 0 Å². The van der Waals surface area contributed by atoms with Crippen molar-refractivity contribution < 1.29 is 8.42 Å². The summed E-state index contributed by atoms with van der Waals surface area (Å²) >= 11 is 0. The number of rotatable bonds is 4. The fraction of sp³-hybridized carbons (Fsp3) is 0.727. The fourth-order valence-electron chi connectivity index (χ4n) is 2.35. The predicted octanol–water partition coefficient (Wildman–Crippen LogP) is 0.262. The Hall–Kier alpha value is -0.920. The molecule has 1 aliphatic rings. The van der Waals surface area contributed by atoms with Crippen LogP contribution in [0.15, 0.2) is 17.3 Å². The van der Waals surface area contributed by atoms with Crippen molar-refractivity contribution >= 4 is 10.0 Å². The molecule has 102 valence electrons. The van der Waals surface area contributed by atoms with Crippen molar-refractivity contribution in [1.82, 2.24) is 14.1 Å². The van der Waals surface area contributed by atoms with E-state index in [1.807, 2.05) is 6.92 Å². The van der Waals surface area contributed by atoms with Crippen LogP contribution in [0.25, 0.3) is 0 Å². The lowest BCUT2D eigenvalue weighted by molar-refractivity contribution is 0.269. The fourth-order valence-corrected chi connectivity index (χ4v) is 4.06. The van der Waals surface area contributed by atoms with Crippen LogP contribution in [0.5, 0.6) is 0 Å². The van der Waals surface area contributed by atoms with Crippen LogP contribution in [0, 0.1) is 5.92 Å². The van der Waals surface area contributed by atoms with Crippen LogP contribution < -0.4 is 5.73 Å². The summed E-state index contributed by atoms with van der Waals surface area (Å²) in [6, 6.07) is 1.56. The Balaban J connectivity index is 2.25. The molecule has 0 aromatic carbocycles. The van der Waals surface area contributed by atoms with Gasteiger partial charge in [-0.1, -0.05) is 0 Å². The molecule has 0 saturated carbocycles. The Morgan fingerprint density at radius 2 is 2.33 bits per heavy atom. The maximum Gasteiger partial charge on any atom is 0.260 e. The van der Waals surface area contributed by atoms with E-state index in [1.54, 1.807) is 6.07 Å². The molecular weight excluding hydrogens is 252 g/mol. The second-order valence-corrected chi connectivity index (χ2v) is 6.48. The molecule has 1 aromatic heterocycles. The first-order valence-corrected chi connectivity index (χ1v) is 7.75. The lowest BCUT2D eigenvalue weighted by atomic mass is 10.0. The first kappa shape index (κ1) is 13.5. The van der Waals surface area contributed by atoms with Gasteiger partial charge < -0.3 is 5.73 Å². The van der Waals surface area contributed by atoms with Gasteiger partial charge in [0.15, 0.2) is 5.03 Å². The van der Waals surface area contributed by atoms with Gasteiger partial charge in [0.1, 0.15) is 0 Å². The summed E-state index contributed by atoms with van der Waals surface area (Å²) in [4.78, 5) is 0. The summed E-state index contributed by atoms with van der Waals surface area (Å²) in [6.07, 6.45) is 3.41. The van der Waals surface area contributed by atoms with E-state index in [1.165, 1.54) is 15.2 Å². The van der Waals surface area contributed by atoms with Gasteiger partial charge >= 0.3 is 0 Å². The second-order valence-electron chi connectivity index (χ2n) is 4.59. The number of hydrogen-bond donors (Lipinski definition) is 1. The lowest BCUT2D eigenvalue weighted by Crippen LogP contribution is -2.42. The molecule has 2 N–H and O–H groups in total. The van der Waals surface area contributed by atoms with Gasteiger partial charge in [-0.25, -0.2) is 8.42 Å². The Kier molecular flexibility index (Phi) is 4.04. The van der Waals surface area contributed by atoms with Gasteiger partial charge in [0.25, 0.3) is 10.0 Å². The molecule has 1 atom stereocenters. The number of piperidine rings is 1. The van der Waals surface area contributed by atoms with Gasteiger partial charge in [-0.05, 0) is 38.3 Å². The minimum atomic E-state index is -3.43. The van der Waals surface area contributed by atoms with E-state index in [0.29, 0.717) is 26.2 Å². The van der Waals surface area contributed by atoms with E-state index >= 15 is 0 Å². The average Bonchev–Trinajstić information content (AvgIpc) is 2.88. The topological polar surface area (TPSA) is 81.2 Å². The molecule has 0 radical (unpaired) electrons. The van der Waals surface area contributed by atoms with Crippen molar-refractivity contribution in [1.29, 1.82) is 0 Å². The number of aryl methyl sites for hydroxylation is 1. The van der Waals surface area contributed by atoms with Crippen molar-refractivity contribution in [3.8, 4) is 0 Å². The zero-order chi connectivity index (χ0) is 13.2. The van der Waals surface area contributed by atoms with Gasteiger partial charge in [-0.3, -0.25) is 4.68 Å². The second kappa shape index (κ2) is 5.38. The SMILES string of the molecule is CCn1nccc1S(=O)(=O)N1CCC[C@H](CN)C1. The molecule has 7 heteroatoms. The lowest BCUT2D eigenvalue weighted by Gasteiger charge is -2.31. The molecule has 1 aliphatic heterocycles. The molecular formula is C11H20N4O2S. The van der Waals surface area contributed by atoms with Gasteiger partial charge in [0.05, 0.1) is 6.20 Å². The van der Waals surface area contributed by atoms with Crippen molar-refractivity contribution in [2.45, 2.75) is 31.3 Å². The summed E-state index contributed by atoms with van der Waals surface area (Å²) in [5, 5.41) is 4.30. The van der Waals surface area contributed by atoms with Crippen LogP contribution in [0.1, 0.15) is 19.8 Å². The van der Waals surface area contributed by atoms with Crippen LogP contribution in [0.3, 0.4) is 0 Å². The van der Waals surface area contributed by atoms with E-state index in [4.69, 9.17) is 5.73 Å². The summed E-state index contributed by atoms with van der Waals surface area (Å²) < 4.78 is 28.1. The summed E-state index contributed by atoms with van der Waals surface area (Å²) in [5.74, 6) is 0.270. The van der Waals surface area contributed by atoms with Crippen LogP contribution in [0.4, 0.5) is 0 Å². The predicted molar refractivity (Wildman–Crippen MR) is 68.4 cm³/mol. The first-order valence-electron chi connectivity index (χ1n) is 6.31. The van der Waals surface area contributed by atoms with Gasteiger partial charge in [-0.15, -0.1) is 0 Å². The number of nitrogens with zero attached hydrogens (tertiary/aromatic N) is 3. The largest absolute Gasteiger partial charge is 0.330 e. The molecule has 0 unspecified atom stereocenters. The molecule has 0 aliphatic carbocycles. The Labute approximate surface area is 108 Å². The monoisotopic (exact) mass is 272 g/mol. The van der Waals surface area contributed by atoms with Crippen LogP contribution in [-0.2, 0) is 16.6 Å². The van der Waals surface area contributed by atoms with E-state index in [2.05, 4.69) is 5.10 Å². The van der Waals surface area contributed by atoms with Crippen LogP contribution in [-0.4, -0.2) is 42.1 Å². The van der Waals surface area contributed by atoms with Gasteiger partial charge in [-0.2, -0.15) is 9.40 Å². The minimum absolute atomic E-state index is 0.270. The maximum absolute atomic E-state index is 12.5. The third-order valence-corrected chi connectivity index (χ3v) is 5.28. The Morgan fingerprint density at radius 3 is 3.00 bits per heavy atom. The summed E-state index contributed by atoms with van der Waals surface area (Å²) in [7, 11) is -3.43. The van der Waals surface area contributed by atoms with Crippen molar-refractivity contribution in [3.05, 3.63) is 12.3 Å². The summed E-state index contributed by atoms with van der Waals surface area (Å²) in [5.41, 5.74) is 5.64. The molecule has 2 rings (SSSR count). The minimum Gasteiger partial charge on any atom is -0.330 e. The molecule has 0 bridgehead atoms. The highest BCUT2D eigenvalue weighted by molar-refractivity contribution is 7.89. The quantitative estimate of drug-likeness (QED) is 0.852. The van der Waals surface area contributed by atoms with Crippen molar-refractivity contribution in [2.24, 2.45) is 11.7 Å². The third kappa shape index (κ3) is 2.43. The highest BCUT2D eigenvalue weighted by Crippen LogP contribution is 2.22. The molecule has 0 spiro atoms. The third-order valence-electron chi connectivity index (χ3n) is 3.40. The van der Waals surface area contributed by atoms with Crippen LogP contribution in [0.2, 0.25) is 0 Å². The molecule has 1 aromatic rings. The van der Waals surface area contributed by atoms with Crippen LogP contribution >= 0.6 is 0 Å². The number of hydrogen-bond acceptors (Lipinski definition) is 4. The zero-order valence-corrected chi connectivity index (χ0v) is 11.4. The highest BCUT2D eigenvalue weighted by atomic mass is 32.2. The molecule has 0 amide bonds. The Morgan fingerprint density at radius 1 is 1.56 bits per heavy atom. The molecule has 18 heavy (non-hydrogen) atoms. The number of sulfonamides is 1. The van der Waals surface area contributed by atoms with E-state index < -0.39 is 10.0 Å². The van der Waals surface area contributed by atoms with Crippen molar-refractivity contribution in [2.75, 3.05) is 19.6 Å². The standard InChI is InChI=1S/C11H20N4O2S/c1-2-15-11(5-6-13-15)18(16,17)14-7-3-4-10(8-12)9-14/h5-6,10H,2-4,7-9,12H2,1H3/t10-/m1/s1. The maximum atomic E-state index is 12.5. The normalized spacial score (nSPS) is 22.2. The highest BCUT2D eigenvalue weighted by Gasteiger charge is 2.31. The average molecular weight is 272 g/mol.